The van der Waals surface area contributed by atoms with E-state index in [2.05, 4.69) is 91.3 Å². The van der Waals surface area contributed by atoms with Gasteiger partial charge < -0.3 is 19.3 Å². The lowest BCUT2D eigenvalue weighted by atomic mass is 10.1. The summed E-state index contributed by atoms with van der Waals surface area (Å²) >= 11 is 0. The molecule has 0 aromatic rings. The molecule has 1 unspecified atom stereocenters. The predicted octanol–water partition coefficient (Wildman–Crippen LogP) is 11.6. The molecular formula is C43H67O8P. The number of carbonyl (C=O) groups excluding carboxylic acids is 2. The topological polar surface area (TPSA) is 119 Å². The predicted molar refractivity (Wildman–Crippen MR) is 216 cm³/mol. The lowest BCUT2D eigenvalue weighted by molar-refractivity contribution is -0.161. The van der Waals surface area contributed by atoms with Gasteiger partial charge in [0.05, 0.1) is 6.61 Å². The highest BCUT2D eigenvalue weighted by Crippen LogP contribution is 2.35. The van der Waals surface area contributed by atoms with Gasteiger partial charge in [0.15, 0.2) is 6.10 Å². The molecule has 292 valence electrons. The highest BCUT2D eigenvalue weighted by atomic mass is 31.2. The van der Waals surface area contributed by atoms with Gasteiger partial charge in [-0.25, -0.2) is 4.57 Å². The summed E-state index contributed by atoms with van der Waals surface area (Å²) < 4.78 is 26.2. The van der Waals surface area contributed by atoms with E-state index in [1.165, 1.54) is 25.7 Å². The molecule has 0 aliphatic carbocycles. The summed E-state index contributed by atoms with van der Waals surface area (Å²) in [6, 6.07) is 0. The Morgan fingerprint density at radius 2 is 1.00 bits per heavy atom. The second-order valence-corrected chi connectivity index (χ2v) is 13.5. The maximum absolute atomic E-state index is 12.3. The summed E-state index contributed by atoms with van der Waals surface area (Å²) in [4.78, 5) is 42.7. The molecule has 0 saturated carbocycles. The van der Waals surface area contributed by atoms with Gasteiger partial charge in [0.25, 0.3) is 0 Å². The van der Waals surface area contributed by atoms with Crippen LogP contribution in [-0.4, -0.2) is 41.0 Å². The van der Waals surface area contributed by atoms with E-state index in [1.54, 1.807) is 0 Å². The van der Waals surface area contributed by atoms with Gasteiger partial charge in [0.2, 0.25) is 0 Å². The molecule has 2 N–H and O–H groups in total. The van der Waals surface area contributed by atoms with Gasteiger partial charge in [0, 0.05) is 12.8 Å². The summed E-state index contributed by atoms with van der Waals surface area (Å²) in [5.74, 6) is -0.995. The van der Waals surface area contributed by atoms with Crippen LogP contribution in [0.5, 0.6) is 0 Å². The molecule has 9 heteroatoms. The lowest BCUT2D eigenvalue weighted by Gasteiger charge is -2.18. The van der Waals surface area contributed by atoms with Crippen molar-refractivity contribution >= 4 is 19.8 Å². The van der Waals surface area contributed by atoms with Crippen LogP contribution in [0.1, 0.15) is 129 Å². The number of hydrogen-bond acceptors (Lipinski definition) is 6. The number of esters is 2. The minimum absolute atomic E-state index is 0.149. The van der Waals surface area contributed by atoms with Crippen molar-refractivity contribution in [3.8, 4) is 0 Å². The number of rotatable bonds is 33. The standard InChI is InChI=1S/C43H67O8P/c1-3-5-7-9-11-13-15-17-18-19-20-21-22-23-24-26-27-29-31-33-35-37-42(44)49-39-41(40-50-52(46,47)48)51-43(45)38-36-34-32-30-28-25-16-14-12-10-8-6-4-2/h6,8,10-14,16-18,20-21,23-25,27-29,41H,3-5,7,9,15,19,22,26,30-40H2,1-2H3,(H2,46,47,48)/b8-6+,12-10+,13-11+,16-14+,18-17+,21-20+,24-23+,28-25+,29-27+. The average molecular weight is 743 g/mol. The molecule has 0 aromatic heterocycles. The van der Waals surface area contributed by atoms with Crippen LogP contribution in [0.15, 0.2) is 109 Å². The highest BCUT2D eigenvalue weighted by Gasteiger charge is 2.22. The molecule has 0 radical (unpaired) electrons. The number of unbranched alkanes of at least 4 members (excludes halogenated alkanes) is 8. The van der Waals surface area contributed by atoms with Crippen molar-refractivity contribution < 1.29 is 37.9 Å². The first-order chi connectivity index (χ1) is 25.3. The first-order valence-corrected chi connectivity index (χ1v) is 20.8. The number of phosphoric acid groups is 1. The maximum atomic E-state index is 12.3. The van der Waals surface area contributed by atoms with Gasteiger partial charge in [-0.05, 0) is 83.5 Å². The molecule has 0 spiro atoms. The molecular weight excluding hydrogens is 675 g/mol. The second-order valence-electron chi connectivity index (χ2n) is 12.3. The van der Waals surface area contributed by atoms with E-state index in [4.69, 9.17) is 19.3 Å². The molecule has 0 aliphatic heterocycles. The Morgan fingerprint density at radius 3 is 1.56 bits per heavy atom. The lowest BCUT2D eigenvalue weighted by Crippen LogP contribution is -2.29. The van der Waals surface area contributed by atoms with Gasteiger partial charge in [-0.1, -0.05) is 142 Å². The van der Waals surface area contributed by atoms with Crippen LogP contribution in [0, 0.1) is 0 Å². The van der Waals surface area contributed by atoms with E-state index in [0.29, 0.717) is 12.8 Å². The fourth-order valence-electron chi connectivity index (χ4n) is 4.52. The van der Waals surface area contributed by atoms with Gasteiger partial charge in [-0.3, -0.25) is 14.1 Å². The normalized spacial score (nSPS) is 13.7. The monoisotopic (exact) mass is 742 g/mol. The number of carbonyl (C=O) groups is 2. The SMILES string of the molecule is CC/C=C/C=C/C=C/C=C/CCCCCC(=O)OC(COC(=O)CCCC/C=C/C/C=C/C/C=C/C/C=C/C/C=C/CCCCC)COP(=O)(O)O. The zero-order valence-corrected chi connectivity index (χ0v) is 32.8. The van der Waals surface area contributed by atoms with Crippen LogP contribution in [0.4, 0.5) is 0 Å². The van der Waals surface area contributed by atoms with Crippen LogP contribution in [-0.2, 0) is 28.2 Å². The quantitative estimate of drug-likeness (QED) is 0.0224. The molecule has 0 saturated heterocycles. The average Bonchev–Trinajstić information content (AvgIpc) is 3.11. The summed E-state index contributed by atoms with van der Waals surface area (Å²) in [7, 11) is -4.78. The van der Waals surface area contributed by atoms with Crippen molar-refractivity contribution in [2.24, 2.45) is 0 Å². The highest BCUT2D eigenvalue weighted by molar-refractivity contribution is 7.46. The maximum Gasteiger partial charge on any atom is 0.469 e. The first kappa shape index (κ1) is 48.7. The zero-order chi connectivity index (χ0) is 38.2. The Balaban J connectivity index is 4.13. The van der Waals surface area contributed by atoms with Crippen LogP contribution in [0.3, 0.4) is 0 Å². The number of hydrogen-bond donors (Lipinski definition) is 2. The van der Waals surface area contributed by atoms with Crippen molar-refractivity contribution in [2.45, 2.75) is 136 Å². The van der Waals surface area contributed by atoms with Gasteiger partial charge >= 0.3 is 19.8 Å². The molecule has 0 heterocycles. The van der Waals surface area contributed by atoms with Crippen molar-refractivity contribution in [1.29, 1.82) is 0 Å². The third kappa shape index (κ3) is 39.5. The van der Waals surface area contributed by atoms with Crippen molar-refractivity contribution in [2.75, 3.05) is 13.2 Å². The Bertz CT molecular complexity index is 1200. The van der Waals surface area contributed by atoms with Crippen molar-refractivity contribution in [3.05, 3.63) is 109 Å². The van der Waals surface area contributed by atoms with Crippen molar-refractivity contribution in [1.82, 2.24) is 0 Å². The summed E-state index contributed by atoms with van der Waals surface area (Å²) in [6.45, 7) is 3.41. The summed E-state index contributed by atoms with van der Waals surface area (Å²) in [6.07, 6.45) is 52.4. The smallest absolute Gasteiger partial charge is 0.462 e. The minimum atomic E-state index is -4.78. The zero-order valence-electron chi connectivity index (χ0n) is 31.9. The minimum Gasteiger partial charge on any atom is -0.462 e. The number of ether oxygens (including phenoxy) is 2. The Hall–Kier alpha value is -3.29. The molecule has 0 fully saturated rings. The van der Waals surface area contributed by atoms with E-state index < -0.39 is 32.5 Å². The third-order valence-corrected chi connectivity index (χ3v) is 7.86. The molecule has 8 nitrogen and oxygen atoms in total. The molecule has 0 aromatic carbocycles. The fraction of sp³-hybridized carbons (Fsp3) is 0.535. The van der Waals surface area contributed by atoms with Crippen LogP contribution >= 0.6 is 7.82 Å². The van der Waals surface area contributed by atoms with Crippen LogP contribution in [0.2, 0.25) is 0 Å². The molecule has 0 rings (SSSR count). The van der Waals surface area contributed by atoms with Crippen LogP contribution < -0.4 is 0 Å². The van der Waals surface area contributed by atoms with E-state index in [1.807, 2.05) is 36.5 Å². The molecule has 52 heavy (non-hydrogen) atoms. The number of phosphoric ester groups is 1. The van der Waals surface area contributed by atoms with Gasteiger partial charge in [-0.15, -0.1) is 0 Å². The Morgan fingerprint density at radius 1 is 0.538 bits per heavy atom. The van der Waals surface area contributed by atoms with E-state index in [9.17, 15) is 14.2 Å². The van der Waals surface area contributed by atoms with Gasteiger partial charge in [0.1, 0.15) is 6.61 Å². The number of allylic oxidation sites excluding steroid dienone is 18. The molecule has 1 atom stereocenters. The third-order valence-electron chi connectivity index (χ3n) is 7.37. The molecule has 0 bridgehead atoms. The van der Waals surface area contributed by atoms with Crippen LogP contribution in [0.25, 0.3) is 0 Å². The molecule has 0 amide bonds. The van der Waals surface area contributed by atoms with E-state index in [0.717, 1.165) is 64.2 Å². The van der Waals surface area contributed by atoms with E-state index >= 15 is 0 Å². The first-order valence-electron chi connectivity index (χ1n) is 19.2. The fourth-order valence-corrected chi connectivity index (χ4v) is 4.88. The summed E-state index contributed by atoms with van der Waals surface area (Å²) in [5.41, 5.74) is 0. The summed E-state index contributed by atoms with van der Waals surface area (Å²) in [5, 5.41) is 0. The van der Waals surface area contributed by atoms with Crippen molar-refractivity contribution in [3.63, 3.8) is 0 Å². The Kier molecular flexibility index (Phi) is 35.1. The molecule has 0 aliphatic rings. The second kappa shape index (κ2) is 37.5. The largest absolute Gasteiger partial charge is 0.469 e. The van der Waals surface area contributed by atoms with Gasteiger partial charge in [-0.2, -0.15) is 0 Å². The Labute approximate surface area is 315 Å². The van der Waals surface area contributed by atoms with E-state index in [-0.39, 0.29) is 19.4 Å².